The molecule has 2 nitrogen and oxygen atoms in total. The Morgan fingerprint density at radius 3 is 1.57 bits per heavy atom. The van der Waals surface area contributed by atoms with Crippen molar-refractivity contribution in [3.8, 4) is 27.9 Å². The van der Waals surface area contributed by atoms with Crippen LogP contribution in [0.15, 0.2) is 222 Å². The molecule has 4 heterocycles. The maximum absolute atomic E-state index is 9.41. The van der Waals surface area contributed by atoms with E-state index in [-0.39, 0.29) is 58.1 Å². The van der Waals surface area contributed by atoms with Gasteiger partial charge in [-0.3, -0.25) is 0 Å². The maximum Gasteiger partial charge on any atom is 0.247 e. The van der Waals surface area contributed by atoms with Gasteiger partial charge in [0.1, 0.15) is 0 Å². The Morgan fingerprint density at radius 1 is 0.407 bits per heavy atom. The number of rotatable bonds is 4. The van der Waals surface area contributed by atoms with Gasteiger partial charge in [-0.1, -0.05) is 246 Å². The summed E-state index contributed by atoms with van der Waals surface area (Å²) in [5.74, 6) is 0. The van der Waals surface area contributed by atoms with Gasteiger partial charge in [0.05, 0.1) is 29.0 Å². The lowest BCUT2D eigenvalue weighted by Crippen LogP contribution is -2.65. The lowest BCUT2D eigenvalue weighted by atomic mass is 9.29. The van der Waals surface area contributed by atoms with E-state index in [4.69, 9.17) is 4.11 Å². The van der Waals surface area contributed by atoms with E-state index < -0.39 is 11.5 Å². The van der Waals surface area contributed by atoms with Gasteiger partial charge in [-0.25, -0.2) is 0 Å². The number of hydrogen-bond acceptors (Lipinski definition) is 2. The normalized spacial score (nSPS) is 15.3. The van der Waals surface area contributed by atoms with Crippen LogP contribution >= 0.6 is 11.8 Å². The average molecular weight is 1070 g/mol. The van der Waals surface area contributed by atoms with Gasteiger partial charge in [0.25, 0.3) is 0 Å². The number of anilines is 3. The van der Waals surface area contributed by atoms with Gasteiger partial charge >= 0.3 is 0 Å². The van der Waals surface area contributed by atoms with Crippen LogP contribution < -0.4 is 21.3 Å². The largest absolute Gasteiger partial charge is 0.311 e. The molecule has 398 valence electrons. The van der Waals surface area contributed by atoms with Gasteiger partial charge in [-0.15, -0.1) is 0 Å². The van der Waals surface area contributed by atoms with Crippen molar-refractivity contribution in [2.75, 3.05) is 4.90 Å². The SMILES string of the molecule is [2H]c1c([2H])c([2H])c(-c2ccc3c(c2)C2(c4ccccc4Sc4ccccc42)c2cc(C(C)(C)C)cc4c2B3c2ccc(-n3c5ccc(C(C)(C)C)cc5c5cc(C(C)(C)C)ccc53)cc2N4c2ccc(C(C)(C)C)cc2-c2ccccc2)c([2H])c1[2H]. The molecular weight excluding hydrogens is 996 g/mol. The summed E-state index contributed by atoms with van der Waals surface area (Å²) in [4.78, 5) is 4.91. The Kier molecular flexibility index (Phi) is 10.3. The highest BCUT2D eigenvalue weighted by atomic mass is 32.2. The summed E-state index contributed by atoms with van der Waals surface area (Å²) in [6.45, 7) is 27.3. The van der Waals surface area contributed by atoms with Crippen molar-refractivity contribution in [1.29, 1.82) is 0 Å². The van der Waals surface area contributed by atoms with E-state index >= 15 is 0 Å². The molecule has 14 rings (SSSR count). The number of hydrogen-bond donors (Lipinski definition) is 0. The topological polar surface area (TPSA) is 8.17 Å². The first kappa shape index (κ1) is 45.9. The molecular formula is C77H71BN2S. The van der Waals surface area contributed by atoms with Gasteiger partial charge in [-0.2, -0.15) is 0 Å². The van der Waals surface area contributed by atoms with Crippen LogP contribution in [0.25, 0.3) is 49.7 Å². The minimum atomic E-state index is -0.929. The average Bonchev–Trinajstić information content (AvgIpc) is 0.767. The smallest absolute Gasteiger partial charge is 0.247 e. The molecule has 3 aliphatic rings. The van der Waals surface area contributed by atoms with Gasteiger partial charge in [0, 0.05) is 43.2 Å². The molecule has 0 atom stereocenters. The summed E-state index contributed by atoms with van der Waals surface area (Å²) in [7, 11) is 0. The fourth-order valence-corrected chi connectivity index (χ4v) is 14.7. The quantitative estimate of drug-likeness (QED) is 0.162. The number of benzene rings is 10. The van der Waals surface area contributed by atoms with Crippen molar-refractivity contribution in [1.82, 2.24) is 4.57 Å². The van der Waals surface area contributed by atoms with Crippen molar-refractivity contribution < 1.29 is 6.85 Å². The number of aromatic nitrogens is 1. The first-order valence-corrected chi connectivity index (χ1v) is 29.6. The Labute approximate surface area is 492 Å². The molecule has 0 aliphatic carbocycles. The number of fused-ring (bicyclic) bond motifs is 13. The zero-order chi connectivity index (χ0) is 60.5. The lowest BCUT2D eigenvalue weighted by Gasteiger charge is -2.51. The summed E-state index contributed by atoms with van der Waals surface area (Å²) in [5.41, 5.74) is 21.2. The molecule has 0 amide bonds. The second kappa shape index (κ2) is 18.1. The highest BCUT2D eigenvalue weighted by Crippen LogP contribution is 2.59. The highest BCUT2D eigenvalue weighted by molar-refractivity contribution is 7.99. The summed E-state index contributed by atoms with van der Waals surface area (Å²) in [5, 5.41) is 2.46. The summed E-state index contributed by atoms with van der Waals surface area (Å²) in [6, 6.07) is 67.0. The molecule has 0 saturated carbocycles. The molecule has 0 N–H and O–H groups in total. The monoisotopic (exact) mass is 1070 g/mol. The third-order valence-electron chi connectivity index (χ3n) is 17.8. The maximum atomic E-state index is 9.41. The molecule has 0 radical (unpaired) electrons. The second-order valence-electron chi connectivity index (χ2n) is 27.0. The third kappa shape index (κ3) is 7.98. The Morgan fingerprint density at radius 2 is 0.963 bits per heavy atom. The Bertz CT molecular complexity index is 4540. The van der Waals surface area contributed by atoms with Crippen LogP contribution in [0.5, 0.6) is 0 Å². The first-order chi connectivity index (χ1) is 40.8. The molecule has 10 aromatic carbocycles. The summed E-state index contributed by atoms with van der Waals surface area (Å²) >= 11 is 1.80. The fraction of sp³-hybridized carbons (Fsp3) is 0.221. The Balaban J connectivity index is 1.16. The van der Waals surface area contributed by atoms with Crippen LogP contribution in [0.1, 0.15) is 134 Å². The van der Waals surface area contributed by atoms with Crippen LogP contribution in [-0.4, -0.2) is 11.3 Å². The molecule has 11 aromatic rings. The molecule has 1 aromatic heterocycles. The molecule has 81 heavy (non-hydrogen) atoms. The van der Waals surface area contributed by atoms with E-state index in [2.05, 4.69) is 268 Å². The van der Waals surface area contributed by atoms with Crippen molar-refractivity contribution in [2.45, 2.75) is 120 Å². The third-order valence-corrected chi connectivity index (χ3v) is 19.0. The Hall–Kier alpha value is -7.79. The van der Waals surface area contributed by atoms with E-state index in [1.165, 1.54) is 44.1 Å². The predicted molar refractivity (Wildman–Crippen MR) is 348 cm³/mol. The second-order valence-corrected chi connectivity index (χ2v) is 28.1. The zero-order valence-corrected chi connectivity index (χ0v) is 49.5. The van der Waals surface area contributed by atoms with E-state index in [1.807, 2.05) is 6.07 Å². The first-order valence-electron chi connectivity index (χ1n) is 31.3. The van der Waals surface area contributed by atoms with Crippen molar-refractivity contribution >= 4 is 73.7 Å². The van der Waals surface area contributed by atoms with Crippen molar-refractivity contribution in [3.63, 3.8) is 0 Å². The molecule has 0 unspecified atom stereocenters. The van der Waals surface area contributed by atoms with E-state index in [0.717, 1.165) is 82.3 Å². The van der Waals surface area contributed by atoms with Crippen LogP contribution in [0.3, 0.4) is 0 Å². The van der Waals surface area contributed by atoms with Crippen LogP contribution in [-0.2, 0) is 27.1 Å². The van der Waals surface area contributed by atoms with Gasteiger partial charge in [0.2, 0.25) is 6.71 Å². The van der Waals surface area contributed by atoms with Crippen LogP contribution in [0, 0.1) is 0 Å². The molecule has 1 spiro atoms. The van der Waals surface area contributed by atoms with E-state index in [0.29, 0.717) is 5.56 Å². The summed E-state index contributed by atoms with van der Waals surface area (Å²) in [6.07, 6.45) is 0. The molecule has 3 aliphatic heterocycles. The fourth-order valence-electron chi connectivity index (χ4n) is 13.5. The van der Waals surface area contributed by atoms with Crippen LogP contribution in [0.2, 0.25) is 0 Å². The highest BCUT2D eigenvalue weighted by Gasteiger charge is 2.55. The number of nitrogens with zero attached hydrogens (tertiary/aromatic N) is 2. The van der Waals surface area contributed by atoms with Crippen LogP contribution in [0.4, 0.5) is 17.1 Å². The van der Waals surface area contributed by atoms with Crippen molar-refractivity contribution in [3.05, 3.63) is 257 Å². The van der Waals surface area contributed by atoms with E-state index in [1.54, 1.807) is 11.8 Å². The lowest BCUT2D eigenvalue weighted by molar-refractivity contribution is 0.586. The molecule has 0 saturated heterocycles. The minimum Gasteiger partial charge on any atom is -0.311 e. The van der Waals surface area contributed by atoms with Gasteiger partial charge in [0.15, 0.2) is 0 Å². The zero-order valence-electron chi connectivity index (χ0n) is 53.7. The van der Waals surface area contributed by atoms with Crippen molar-refractivity contribution in [2.24, 2.45) is 0 Å². The summed E-state index contributed by atoms with van der Waals surface area (Å²) < 4.78 is 47.8. The standard InChI is InChI=1S/C77H71BN2S/c1-73(2,3)51-32-38-65(56(42-51)49-25-17-14-18-26-49)80-68-47-55(79-66-39-33-52(74(4,5)6)43-57(66)58-44-53(75(7,8)9)34-40-67(58)79)35-37-64(68)78-63-36-31-50(48-23-15-13-16-24-48)41-61(63)77(62-45-54(76(10,11)12)46-69(80)72(62)78)59-27-19-21-29-70(59)81-71-30-22-20-28-60(71)77/h13-47H,1-12H3/i13D,15D,16D,23D,24D. The van der Waals surface area contributed by atoms with Gasteiger partial charge in [-0.05, 0) is 161 Å². The molecule has 4 heteroatoms. The molecule has 0 bridgehead atoms. The predicted octanol–water partition coefficient (Wildman–Crippen LogP) is 18.8. The van der Waals surface area contributed by atoms with Gasteiger partial charge < -0.3 is 9.47 Å². The minimum absolute atomic E-state index is 0.0569. The molecule has 0 fully saturated rings. The van der Waals surface area contributed by atoms with E-state index in [9.17, 15) is 2.74 Å².